The number of fused-ring (bicyclic) bond motifs is 1. The first-order valence-corrected chi connectivity index (χ1v) is 11.2. The molecule has 1 amide bonds. The first-order valence-electron chi connectivity index (χ1n) is 10.8. The quantitative estimate of drug-likeness (QED) is 0.373. The zero-order valence-corrected chi connectivity index (χ0v) is 19.6. The number of hydrogen-bond donors (Lipinski definition) is 2. The van der Waals surface area contributed by atoms with Crippen LogP contribution in [-0.2, 0) is 0 Å². The van der Waals surface area contributed by atoms with Crippen molar-refractivity contribution in [1.29, 1.82) is 0 Å². The van der Waals surface area contributed by atoms with Crippen LogP contribution in [0.15, 0.2) is 65.6 Å². The molecule has 3 aromatic heterocycles. The summed E-state index contributed by atoms with van der Waals surface area (Å²) in [6.45, 7) is 4.04. The summed E-state index contributed by atoms with van der Waals surface area (Å²) in [5, 5.41) is 12.4. The van der Waals surface area contributed by atoms with Crippen molar-refractivity contribution in [2.45, 2.75) is 13.8 Å². The molecule has 0 aliphatic rings. The van der Waals surface area contributed by atoms with Crippen LogP contribution in [0, 0.1) is 6.92 Å². The van der Waals surface area contributed by atoms with Crippen molar-refractivity contribution in [2.24, 2.45) is 0 Å². The number of hydrogen-bond acceptors (Lipinski definition) is 6. The van der Waals surface area contributed by atoms with Gasteiger partial charge in [0.1, 0.15) is 17.0 Å². The van der Waals surface area contributed by atoms with E-state index in [4.69, 9.17) is 16.3 Å². The van der Waals surface area contributed by atoms with E-state index in [2.05, 4.69) is 25.5 Å². The van der Waals surface area contributed by atoms with Gasteiger partial charge in [0.15, 0.2) is 5.65 Å². The number of para-hydroxylation sites is 1. The number of aromatic amines is 1. The van der Waals surface area contributed by atoms with Crippen LogP contribution in [-0.4, -0.2) is 42.0 Å². The van der Waals surface area contributed by atoms with Crippen molar-refractivity contribution < 1.29 is 9.53 Å². The third-order valence-corrected chi connectivity index (χ3v) is 5.42. The standard InChI is InChI=1S/C24H20ClN7O3/c1-3-35-19-10-5-4-9-17(19)22(33)27-20-11-14(2)30-32(20)24-28-21-18(23(34)29-24)13-26-31(21)16-8-6-7-15(25)12-16/h4-13H,3H2,1-2H3,(H,27,33)(H,28,29,34). The molecule has 0 radical (unpaired) electrons. The number of benzene rings is 2. The predicted molar refractivity (Wildman–Crippen MR) is 132 cm³/mol. The van der Waals surface area contributed by atoms with E-state index >= 15 is 0 Å². The third kappa shape index (κ3) is 4.26. The highest BCUT2D eigenvalue weighted by molar-refractivity contribution is 6.30. The molecule has 176 valence electrons. The fraction of sp³-hybridized carbons (Fsp3) is 0.125. The average molecular weight is 490 g/mol. The van der Waals surface area contributed by atoms with E-state index in [9.17, 15) is 9.59 Å². The lowest BCUT2D eigenvalue weighted by Crippen LogP contribution is -2.19. The van der Waals surface area contributed by atoms with E-state index in [-0.39, 0.29) is 11.9 Å². The molecule has 11 heteroatoms. The van der Waals surface area contributed by atoms with Crippen LogP contribution in [0.4, 0.5) is 5.82 Å². The topological polar surface area (TPSA) is 120 Å². The van der Waals surface area contributed by atoms with Crippen LogP contribution in [0.25, 0.3) is 22.7 Å². The molecule has 2 aromatic carbocycles. The maximum Gasteiger partial charge on any atom is 0.263 e. The summed E-state index contributed by atoms with van der Waals surface area (Å²) in [5.74, 6) is 0.527. The van der Waals surface area contributed by atoms with Gasteiger partial charge in [0.2, 0.25) is 5.95 Å². The van der Waals surface area contributed by atoms with Gasteiger partial charge in [-0.15, -0.1) is 0 Å². The van der Waals surface area contributed by atoms with Crippen molar-refractivity contribution >= 4 is 34.4 Å². The average Bonchev–Trinajstić information content (AvgIpc) is 3.43. The summed E-state index contributed by atoms with van der Waals surface area (Å²) in [7, 11) is 0. The number of ether oxygens (including phenoxy) is 1. The number of amides is 1. The number of nitrogens with one attached hydrogen (secondary N) is 2. The number of carbonyl (C=O) groups is 1. The Balaban J connectivity index is 1.57. The molecule has 0 saturated carbocycles. The molecular formula is C24H20ClN7O3. The number of aryl methyl sites for hydroxylation is 1. The first kappa shape index (κ1) is 22.4. The fourth-order valence-electron chi connectivity index (χ4n) is 3.67. The van der Waals surface area contributed by atoms with Gasteiger partial charge in [-0.2, -0.15) is 19.9 Å². The van der Waals surface area contributed by atoms with Crippen molar-refractivity contribution in [3.63, 3.8) is 0 Å². The van der Waals surface area contributed by atoms with Gasteiger partial charge in [0.05, 0.1) is 29.7 Å². The number of nitrogens with zero attached hydrogens (tertiary/aromatic N) is 5. The van der Waals surface area contributed by atoms with Gasteiger partial charge in [0, 0.05) is 11.1 Å². The van der Waals surface area contributed by atoms with Crippen molar-refractivity contribution in [2.75, 3.05) is 11.9 Å². The van der Waals surface area contributed by atoms with Gasteiger partial charge < -0.3 is 10.1 Å². The Morgan fingerprint density at radius 3 is 2.77 bits per heavy atom. The van der Waals surface area contributed by atoms with E-state index in [0.717, 1.165) is 0 Å². The summed E-state index contributed by atoms with van der Waals surface area (Å²) >= 11 is 6.13. The smallest absolute Gasteiger partial charge is 0.263 e. The molecule has 5 aromatic rings. The molecule has 5 rings (SSSR count). The second kappa shape index (κ2) is 9.07. The van der Waals surface area contributed by atoms with E-state index in [1.165, 1.54) is 15.6 Å². The molecule has 0 unspecified atom stereocenters. The van der Waals surface area contributed by atoms with Crippen LogP contribution in [0.5, 0.6) is 5.75 Å². The Bertz CT molecular complexity index is 1620. The number of H-pyrrole nitrogens is 1. The highest BCUT2D eigenvalue weighted by atomic mass is 35.5. The highest BCUT2D eigenvalue weighted by Crippen LogP contribution is 2.22. The molecular weight excluding hydrogens is 470 g/mol. The maximum absolute atomic E-state index is 13.1. The molecule has 0 aliphatic heterocycles. The van der Waals surface area contributed by atoms with Crippen molar-refractivity contribution in [3.8, 4) is 17.4 Å². The van der Waals surface area contributed by atoms with Gasteiger partial charge in [-0.05, 0) is 44.2 Å². The monoisotopic (exact) mass is 489 g/mol. The normalized spacial score (nSPS) is 11.1. The minimum atomic E-state index is -0.398. The Morgan fingerprint density at radius 1 is 1.14 bits per heavy atom. The molecule has 0 spiro atoms. The molecule has 0 saturated heterocycles. The number of anilines is 1. The molecule has 35 heavy (non-hydrogen) atoms. The van der Waals surface area contributed by atoms with E-state index < -0.39 is 5.56 Å². The van der Waals surface area contributed by atoms with Crippen molar-refractivity contribution in [1.82, 2.24) is 29.5 Å². The molecule has 10 nitrogen and oxygen atoms in total. The van der Waals surface area contributed by atoms with Gasteiger partial charge in [-0.1, -0.05) is 29.8 Å². The lowest BCUT2D eigenvalue weighted by Gasteiger charge is -2.11. The summed E-state index contributed by atoms with van der Waals surface area (Å²) in [6, 6.07) is 15.7. The molecule has 0 atom stereocenters. The van der Waals surface area contributed by atoms with Crippen LogP contribution >= 0.6 is 11.6 Å². The SMILES string of the molecule is CCOc1ccccc1C(=O)Nc1cc(C)nn1-c1nc2c(cnn2-c2cccc(Cl)c2)c(=O)[nH]1. The van der Waals surface area contributed by atoms with E-state index in [0.29, 0.717) is 51.2 Å². The molecule has 0 bridgehead atoms. The van der Waals surface area contributed by atoms with Crippen LogP contribution < -0.4 is 15.6 Å². The second-order valence-corrected chi connectivity index (χ2v) is 8.07. The Morgan fingerprint density at radius 2 is 1.97 bits per heavy atom. The van der Waals surface area contributed by atoms with Crippen molar-refractivity contribution in [3.05, 3.63) is 87.4 Å². The Labute approximate surface area is 204 Å². The first-order chi connectivity index (χ1) is 16.9. The Kier molecular flexibility index (Phi) is 5.79. The Hall–Kier alpha value is -4.44. The minimum Gasteiger partial charge on any atom is -0.493 e. The predicted octanol–water partition coefficient (Wildman–Crippen LogP) is 3.91. The zero-order valence-electron chi connectivity index (χ0n) is 18.8. The lowest BCUT2D eigenvalue weighted by atomic mass is 10.2. The maximum atomic E-state index is 13.1. The zero-order chi connectivity index (χ0) is 24.5. The molecule has 3 heterocycles. The molecule has 0 fully saturated rings. The number of rotatable bonds is 6. The van der Waals surface area contributed by atoms with Gasteiger partial charge in [-0.3, -0.25) is 14.6 Å². The van der Waals surface area contributed by atoms with E-state index in [1.54, 1.807) is 61.5 Å². The largest absolute Gasteiger partial charge is 0.493 e. The number of halogens is 1. The highest BCUT2D eigenvalue weighted by Gasteiger charge is 2.19. The molecule has 0 aliphatic carbocycles. The van der Waals surface area contributed by atoms with Gasteiger partial charge in [0.25, 0.3) is 11.5 Å². The summed E-state index contributed by atoms with van der Waals surface area (Å²) in [6.07, 6.45) is 1.44. The second-order valence-electron chi connectivity index (χ2n) is 7.63. The van der Waals surface area contributed by atoms with E-state index in [1.807, 2.05) is 6.92 Å². The van der Waals surface area contributed by atoms with Crippen LogP contribution in [0.2, 0.25) is 5.02 Å². The molecule has 2 N–H and O–H groups in total. The van der Waals surface area contributed by atoms with Crippen LogP contribution in [0.3, 0.4) is 0 Å². The third-order valence-electron chi connectivity index (χ3n) is 5.18. The lowest BCUT2D eigenvalue weighted by molar-refractivity contribution is 0.102. The number of carbonyl (C=O) groups excluding carboxylic acids is 1. The van der Waals surface area contributed by atoms with Gasteiger partial charge in [-0.25, -0.2) is 4.68 Å². The summed E-state index contributed by atoms with van der Waals surface area (Å²) in [5.41, 5.74) is 1.55. The minimum absolute atomic E-state index is 0.118. The summed E-state index contributed by atoms with van der Waals surface area (Å²) < 4.78 is 8.46. The van der Waals surface area contributed by atoms with Gasteiger partial charge >= 0.3 is 0 Å². The number of aromatic nitrogens is 6. The fourth-order valence-corrected chi connectivity index (χ4v) is 3.86. The summed E-state index contributed by atoms with van der Waals surface area (Å²) in [4.78, 5) is 33.2. The van der Waals surface area contributed by atoms with Crippen LogP contribution in [0.1, 0.15) is 23.0 Å².